The highest BCUT2D eigenvalue weighted by Crippen LogP contribution is 2.17. The van der Waals surface area contributed by atoms with Gasteiger partial charge in [0.1, 0.15) is 6.10 Å². The van der Waals surface area contributed by atoms with E-state index in [4.69, 9.17) is 4.74 Å². The molecule has 0 aromatic rings. The molecule has 0 aromatic heterocycles. The average molecular weight is 884 g/mol. The van der Waals surface area contributed by atoms with Gasteiger partial charge in [-0.15, -0.1) is 0 Å². The lowest BCUT2D eigenvalue weighted by Gasteiger charge is -2.24. The number of esters is 1. The first-order valence-corrected chi connectivity index (χ1v) is 27.4. The molecule has 3 unspecified atom stereocenters. The van der Waals surface area contributed by atoms with Crippen LogP contribution in [-0.2, 0) is 14.3 Å². The molecular weight excluding hydrogens is 779 g/mol. The van der Waals surface area contributed by atoms with Crippen molar-refractivity contribution < 1.29 is 24.5 Å². The van der Waals surface area contributed by atoms with Crippen molar-refractivity contribution in [1.82, 2.24) is 5.32 Å². The summed E-state index contributed by atoms with van der Waals surface area (Å²) in [6, 6.07) is -0.720. The van der Waals surface area contributed by atoms with E-state index in [0.29, 0.717) is 19.3 Å². The van der Waals surface area contributed by atoms with E-state index in [1.807, 2.05) is 6.08 Å². The average Bonchev–Trinajstić information content (AvgIpc) is 3.28. The Morgan fingerprint density at radius 2 is 0.857 bits per heavy atom. The van der Waals surface area contributed by atoms with Gasteiger partial charge in [0.25, 0.3) is 0 Å². The number of aliphatic hydroxyl groups is 2. The fraction of sp³-hybridized carbons (Fsp3) is 0.825. The summed E-state index contributed by atoms with van der Waals surface area (Å²) in [6.07, 6.45) is 61.8. The molecule has 0 radical (unpaired) electrons. The van der Waals surface area contributed by atoms with Crippen molar-refractivity contribution in [3.63, 3.8) is 0 Å². The van der Waals surface area contributed by atoms with E-state index in [1.165, 1.54) is 161 Å². The maximum Gasteiger partial charge on any atom is 0.306 e. The summed E-state index contributed by atoms with van der Waals surface area (Å²) in [5.74, 6) is -0.574. The maximum atomic E-state index is 13.2. The summed E-state index contributed by atoms with van der Waals surface area (Å²) >= 11 is 0. The highest BCUT2D eigenvalue weighted by molar-refractivity contribution is 5.77. The van der Waals surface area contributed by atoms with Gasteiger partial charge >= 0.3 is 5.97 Å². The monoisotopic (exact) mass is 884 g/mol. The van der Waals surface area contributed by atoms with E-state index in [-0.39, 0.29) is 31.3 Å². The summed E-state index contributed by atoms with van der Waals surface area (Å²) in [7, 11) is 0. The quantitative estimate of drug-likeness (QED) is 0.0245. The zero-order chi connectivity index (χ0) is 45.9. The van der Waals surface area contributed by atoms with Crippen LogP contribution in [0.1, 0.15) is 278 Å². The second-order valence-corrected chi connectivity index (χ2v) is 18.7. The predicted octanol–water partition coefficient (Wildman–Crippen LogP) is 16.6. The third kappa shape index (κ3) is 46.2. The Morgan fingerprint density at radius 1 is 0.476 bits per heavy atom. The minimum absolute atomic E-state index is 0.0383. The number of carbonyl (C=O) groups is 2. The normalized spacial score (nSPS) is 13.5. The molecule has 6 heteroatoms. The molecule has 3 N–H and O–H groups in total. The molecule has 1 amide bonds. The number of allylic oxidation sites excluding steroid dienone is 8. The van der Waals surface area contributed by atoms with Gasteiger partial charge in [0.2, 0.25) is 5.91 Å². The summed E-state index contributed by atoms with van der Waals surface area (Å²) in [6.45, 7) is 6.47. The SMILES string of the molecule is CCCCCCCC/C=C\C/C=C/CCC(=O)OC(CCCCC/C=C/C=C/CCCCCCCCC)CC(=O)NC(CO)C(O)CCCCCCCCCCCCCCCCC. The number of hydrogen-bond acceptors (Lipinski definition) is 5. The van der Waals surface area contributed by atoms with Gasteiger partial charge in [0.15, 0.2) is 0 Å². The number of carbonyl (C=O) groups excluding carboxylic acids is 2. The predicted molar refractivity (Wildman–Crippen MR) is 273 cm³/mol. The van der Waals surface area contributed by atoms with E-state index >= 15 is 0 Å². The molecule has 0 aromatic carbocycles. The molecule has 0 heterocycles. The van der Waals surface area contributed by atoms with Crippen LogP contribution in [0.2, 0.25) is 0 Å². The third-order valence-electron chi connectivity index (χ3n) is 12.4. The molecule has 3 atom stereocenters. The molecule has 0 rings (SSSR count). The fourth-order valence-corrected chi connectivity index (χ4v) is 8.24. The molecule has 6 nitrogen and oxygen atoms in total. The Hall–Kier alpha value is -2.18. The summed E-state index contributed by atoms with van der Waals surface area (Å²) in [5, 5.41) is 23.8. The van der Waals surface area contributed by atoms with Gasteiger partial charge in [-0.25, -0.2) is 0 Å². The minimum Gasteiger partial charge on any atom is -0.462 e. The third-order valence-corrected chi connectivity index (χ3v) is 12.4. The highest BCUT2D eigenvalue weighted by Gasteiger charge is 2.24. The Morgan fingerprint density at radius 3 is 1.32 bits per heavy atom. The molecule has 0 aliphatic heterocycles. The molecule has 0 saturated carbocycles. The number of rotatable bonds is 49. The van der Waals surface area contributed by atoms with Crippen LogP contribution in [0.25, 0.3) is 0 Å². The lowest BCUT2D eigenvalue weighted by Crippen LogP contribution is -2.46. The van der Waals surface area contributed by atoms with E-state index in [9.17, 15) is 19.8 Å². The Labute approximate surface area is 391 Å². The molecule has 63 heavy (non-hydrogen) atoms. The van der Waals surface area contributed by atoms with Crippen LogP contribution in [0.5, 0.6) is 0 Å². The molecule has 0 saturated heterocycles. The van der Waals surface area contributed by atoms with Gasteiger partial charge in [-0.3, -0.25) is 9.59 Å². The van der Waals surface area contributed by atoms with Gasteiger partial charge in [-0.1, -0.05) is 243 Å². The molecular formula is C57H105NO5. The van der Waals surface area contributed by atoms with Crippen LogP contribution in [0, 0.1) is 0 Å². The largest absolute Gasteiger partial charge is 0.462 e. The molecule has 0 fully saturated rings. The van der Waals surface area contributed by atoms with Crippen molar-refractivity contribution in [2.75, 3.05) is 6.61 Å². The van der Waals surface area contributed by atoms with Gasteiger partial charge in [-0.05, 0) is 70.6 Å². The minimum atomic E-state index is -0.803. The number of hydrogen-bond donors (Lipinski definition) is 3. The highest BCUT2D eigenvalue weighted by atomic mass is 16.5. The van der Waals surface area contributed by atoms with Crippen LogP contribution >= 0.6 is 0 Å². The van der Waals surface area contributed by atoms with Gasteiger partial charge < -0.3 is 20.3 Å². The van der Waals surface area contributed by atoms with E-state index in [1.54, 1.807) is 0 Å². The number of amides is 1. The van der Waals surface area contributed by atoms with Crippen LogP contribution in [0.3, 0.4) is 0 Å². The van der Waals surface area contributed by atoms with Crippen molar-refractivity contribution in [1.29, 1.82) is 0 Å². The lowest BCUT2D eigenvalue weighted by molar-refractivity contribution is -0.150. The standard InChI is InChI=1S/C57H105NO5/c1-4-7-10-13-16-19-22-25-27-29-31-33-36-39-42-45-48-53(63-57(62)50-47-44-41-38-35-30-24-21-18-15-12-9-6-3)51-56(61)58-54(52-59)55(60)49-46-43-40-37-34-32-28-26-23-20-17-14-11-8-5-2/h27,29-31,33,35,41,44,53-55,59-60H,4-26,28,32,34,36-40,42-43,45-52H2,1-3H3,(H,58,61)/b29-27+,33-31+,35-30-,44-41+. The van der Waals surface area contributed by atoms with Gasteiger partial charge in [0, 0.05) is 6.42 Å². The fourth-order valence-electron chi connectivity index (χ4n) is 8.24. The lowest BCUT2D eigenvalue weighted by atomic mass is 10.0. The topological polar surface area (TPSA) is 95.9 Å². The maximum absolute atomic E-state index is 13.2. The van der Waals surface area contributed by atoms with Crippen LogP contribution < -0.4 is 5.32 Å². The first kappa shape index (κ1) is 60.8. The van der Waals surface area contributed by atoms with Gasteiger partial charge in [-0.2, -0.15) is 0 Å². The van der Waals surface area contributed by atoms with Crippen molar-refractivity contribution in [3.05, 3.63) is 48.6 Å². The Balaban J connectivity index is 4.66. The summed E-state index contributed by atoms with van der Waals surface area (Å²) in [5.41, 5.74) is 0. The van der Waals surface area contributed by atoms with E-state index in [2.05, 4.69) is 68.6 Å². The molecule has 0 aliphatic rings. The zero-order valence-electron chi connectivity index (χ0n) is 42.0. The first-order valence-electron chi connectivity index (χ1n) is 27.4. The molecule has 0 spiro atoms. The van der Waals surface area contributed by atoms with Gasteiger partial charge in [0.05, 0.1) is 25.2 Å². The second kappa shape index (κ2) is 50.8. The van der Waals surface area contributed by atoms with Crippen molar-refractivity contribution in [2.45, 2.75) is 296 Å². The summed E-state index contributed by atoms with van der Waals surface area (Å²) in [4.78, 5) is 26.1. The molecule has 368 valence electrons. The Bertz CT molecular complexity index is 1080. The summed E-state index contributed by atoms with van der Waals surface area (Å²) < 4.78 is 5.89. The van der Waals surface area contributed by atoms with Crippen molar-refractivity contribution >= 4 is 11.9 Å². The van der Waals surface area contributed by atoms with Crippen molar-refractivity contribution in [3.8, 4) is 0 Å². The van der Waals surface area contributed by atoms with Crippen molar-refractivity contribution in [2.24, 2.45) is 0 Å². The number of unbranched alkanes of at least 4 members (excludes halogenated alkanes) is 30. The van der Waals surface area contributed by atoms with E-state index < -0.39 is 18.2 Å². The number of ether oxygens (including phenoxy) is 1. The Kier molecular flexibility index (Phi) is 49.1. The van der Waals surface area contributed by atoms with Crippen LogP contribution in [0.4, 0.5) is 0 Å². The molecule has 0 bridgehead atoms. The number of aliphatic hydroxyl groups excluding tert-OH is 2. The molecule has 0 aliphatic carbocycles. The van der Waals surface area contributed by atoms with Crippen LogP contribution in [0.15, 0.2) is 48.6 Å². The van der Waals surface area contributed by atoms with Crippen LogP contribution in [-0.4, -0.2) is 46.9 Å². The van der Waals surface area contributed by atoms with E-state index in [0.717, 1.165) is 64.2 Å². The second-order valence-electron chi connectivity index (χ2n) is 18.7. The zero-order valence-corrected chi connectivity index (χ0v) is 42.0. The number of nitrogens with one attached hydrogen (secondary N) is 1. The smallest absolute Gasteiger partial charge is 0.306 e. The first-order chi connectivity index (χ1) is 31.0.